The number of hydrogen-bond acceptors (Lipinski definition) is 4. The van der Waals surface area contributed by atoms with Gasteiger partial charge >= 0.3 is 0 Å². The molecule has 0 aromatic carbocycles. The second-order valence-corrected chi connectivity index (χ2v) is 5.54. The van der Waals surface area contributed by atoms with Crippen molar-refractivity contribution >= 4 is 21.9 Å². The number of anilines is 1. The van der Waals surface area contributed by atoms with Crippen LogP contribution in [0.25, 0.3) is 0 Å². The summed E-state index contributed by atoms with van der Waals surface area (Å²) in [4.78, 5) is 8.38. The zero-order valence-corrected chi connectivity index (χ0v) is 10.9. The predicted molar refractivity (Wildman–Crippen MR) is 66.2 cm³/mol. The quantitative estimate of drug-likeness (QED) is 0.894. The number of aromatic nitrogens is 2. The highest BCUT2D eigenvalue weighted by Crippen LogP contribution is 2.38. The van der Waals surface area contributed by atoms with Crippen molar-refractivity contribution in [3.8, 4) is 0 Å². The van der Waals surface area contributed by atoms with Crippen molar-refractivity contribution in [3.63, 3.8) is 0 Å². The van der Waals surface area contributed by atoms with Crippen molar-refractivity contribution in [2.24, 2.45) is 5.41 Å². The maximum atomic E-state index is 9.43. The van der Waals surface area contributed by atoms with E-state index in [1.807, 2.05) is 0 Å². The molecule has 1 aliphatic rings. The summed E-state index contributed by atoms with van der Waals surface area (Å²) in [7, 11) is 0. The van der Waals surface area contributed by atoms with Gasteiger partial charge in [0.15, 0.2) is 0 Å². The van der Waals surface area contributed by atoms with Crippen LogP contribution < -0.4 is 5.32 Å². The Labute approximate surface area is 104 Å². The Morgan fingerprint density at radius 3 is 2.88 bits per heavy atom. The summed E-state index contributed by atoms with van der Waals surface area (Å²) in [6.07, 6.45) is 6.71. The van der Waals surface area contributed by atoms with Crippen LogP contribution in [0, 0.1) is 5.41 Å². The van der Waals surface area contributed by atoms with E-state index in [0.717, 1.165) is 23.7 Å². The zero-order valence-electron chi connectivity index (χ0n) is 9.28. The van der Waals surface area contributed by atoms with E-state index in [0.29, 0.717) is 5.95 Å². The van der Waals surface area contributed by atoms with Crippen LogP contribution in [0.3, 0.4) is 0 Å². The Balaban J connectivity index is 2.07. The van der Waals surface area contributed by atoms with Gasteiger partial charge in [0.25, 0.3) is 0 Å². The maximum absolute atomic E-state index is 9.43. The molecule has 1 aromatic heterocycles. The van der Waals surface area contributed by atoms with Crippen LogP contribution in [0.2, 0.25) is 0 Å². The number of halogens is 1. The molecule has 0 bridgehead atoms. The highest BCUT2D eigenvalue weighted by atomic mass is 79.9. The molecule has 0 spiro atoms. The first-order chi connectivity index (χ1) is 7.64. The molecule has 0 saturated heterocycles. The summed E-state index contributed by atoms with van der Waals surface area (Å²) >= 11 is 3.30. The molecule has 0 amide bonds. The van der Waals surface area contributed by atoms with Crippen molar-refractivity contribution in [1.29, 1.82) is 0 Å². The second-order valence-electron chi connectivity index (χ2n) is 4.63. The Kier molecular flexibility index (Phi) is 3.44. The van der Waals surface area contributed by atoms with E-state index in [4.69, 9.17) is 0 Å². The molecule has 1 fully saturated rings. The van der Waals surface area contributed by atoms with Crippen LogP contribution in [0.1, 0.15) is 26.2 Å². The molecule has 5 heteroatoms. The van der Waals surface area contributed by atoms with Gasteiger partial charge in [-0.25, -0.2) is 9.97 Å². The molecular formula is C11H16BrN3O. The topological polar surface area (TPSA) is 58.0 Å². The predicted octanol–water partition coefficient (Wildman–Crippen LogP) is 2.20. The summed E-state index contributed by atoms with van der Waals surface area (Å²) in [5, 5.41) is 12.7. The van der Waals surface area contributed by atoms with Gasteiger partial charge in [-0.1, -0.05) is 13.3 Å². The lowest BCUT2D eigenvalue weighted by Crippen LogP contribution is -2.36. The molecule has 1 aromatic rings. The minimum Gasteiger partial charge on any atom is -0.396 e. The molecule has 2 N–H and O–H groups in total. The zero-order chi connectivity index (χ0) is 11.6. The minimum absolute atomic E-state index is 0.0452. The SMILES string of the molecule is C[C@@]1(CO)CCC[C@H]1Nc1ncc(Br)cn1. The molecule has 2 rings (SSSR count). The number of hydrogen-bond donors (Lipinski definition) is 2. The smallest absolute Gasteiger partial charge is 0.222 e. The van der Waals surface area contributed by atoms with Crippen molar-refractivity contribution in [2.75, 3.05) is 11.9 Å². The molecular weight excluding hydrogens is 270 g/mol. The molecule has 2 atom stereocenters. The summed E-state index contributed by atoms with van der Waals surface area (Å²) in [5.74, 6) is 0.634. The van der Waals surface area contributed by atoms with Gasteiger partial charge in [-0.15, -0.1) is 0 Å². The van der Waals surface area contributed by atoms with E-state index in [-0.39, 0.29) is 18.1 Å². The molecule has 0 aliphatic heterocycles. The third-order valence-electron chi connectivity index (χ3n) is 3.37. The number of nitrogens with one attached hydrogen (secondary N) is 1. The summed E-state index contributed by atoms with van der Waals surface area (Å²) in [6, 6.07) is 0.263. The normalized spacial score (nSPS) is 29.3. The molecule has 1 saturated carbocycles. The number of aliphatic hydroxyl groups is 1. The molecule has 4 nitrogen and oxygen atoms in total. The second kappa shape index (κ2) is 4.67. The van der Waals surface area contributed by atoms with Gasteiger partial charge in [0.1, 0.15) is 0 Å². The highest BCUT2D eigenvalue weighted by molar-refractivity contribution is 9.10. The Bertz CT molecular complexity index is 357. The van der Waals surface area contributed by atoms with E-state index in [2.05, 4.69) is 38.1 Å². The Morgan fingerprint density at radius 2 is 2.25 bits per heavy atom. The van der Waals surface area contributed by atoms with Crippen molar-refractivity contribution in [3.05, 3.63) is 16.9 Å². The lowest BCUT2D eigenvalue weighted by atomic mass is 9.86. The van der Waals surface area contributed by atoms with Crippen molar-refractivity contribution in [1.82, 2.24) is 9.97 Å². The lowest BCUT2D eigenvalue weighted by molar-refractivity contribution is 0.138. The first-order valence-corrected chi connectivity index (χ1v) is 6.28. The fourth-order valence-electron chi connectivity index (χ4n) is 2.21. The van der Waals surface area contributed by atoms with Crippen LogP contribution in [0.15, 0.2) is 16.9 Å². The molecule has 0 unspecified atom stereocenters. The van der Waals surface area contributed by atoms with Crippen LogP contribution in [-0.2, 0) is 0 Å². The van der Waals surface area contributed by atoms with Gasteiger partial charge in [0, 0.05) is 23.9 Å². The average Bonchev–Trinajstić information content (AvgIpc) is 2.65. The number of aliphatic hydroxyl groups excluding tert-OH is 1. The van der Waals surface area contributed by atoms with Crippen LogP contribution in [0.5, 0.6) is 0 Å². The minimum atomic E-state index is -0.0452. The van der Waals surface area contributed by atoms with E-state index in [9.17, 15) is 5.11 Å². The Morgan fingerprint density at radius 1 is 1.56 bits per heavy atom. The largest absolute Gasteiger partial charge is 0.396 e. The van der Waals surface area contributed by atoms with Gasteiger partial charge in [-0.2, -0.15) is 0 Å². The first-order valence-electron chi connectivity index (χ1n) is 5.49. The summed E-state index contributed by atoms with van der Waals surface area (Å²) < 4.78 is 0.870. The third-order valence-corrected chi connectivity index (χ3v) is 3.78. The first kappa shape index (κ1) is 11.8. The molecule has 1 heterocycles. The van der Waals surface area contributed by atoms with E-state index in [1.165, 1.54) is 0 Å². The van der Waals surface area contributed by atoms with Gasteiger partial charge in [-0.05, 0) is 28.8 Å². The van der Waals surface area contributed by atoms with E-state index >= 15 is 0 Å². The molecule has 1 aliphatic carbocycles. The maximum Gasteiger partial charge on any atom is 0.222 e. The van der Waals surface area contributed by atoms with Crippen LogP contribution in [0.4, 0.5) is 5.95 Å². The molecule has 16 heavy (non-hydrogen) atoms. The summed E-state index contributed by atoms with van der Waals surface area (Å²) in [6.45, 7) is 2.32. The van der Waals surface area contributed by atoms with Gasteiger partial charge in [0.2, 0.25) is 5.95 Å². The highest BCUT2D eigenvalue weighted by Gasteiger charge is 2.38. The van der Waals surface area contributed by atoms with Crippen LogP contribution in [-0.4, -0.2) is 27.7 Å². The van der Waals surface area contributed by atoms with Gasteiger partial charge in [-0.3, -0.25) is 0 Å². The average molecular weight is 286 g/mol. The van der Waals surface area contributed by atoms with Gasteiger partial charge < -0.3 is 10.4 Å². The molecule has 88 valence electrons. The van der Waals surface area contributed by atoms with Crippen molar-refractivity contribution < 1.29 is 5.11 Å². The van der Waals surface area contributed by atoms with Gasteiger partial charge in [0.05, 0.1) is 11.1 Å². The lowest BCUT2D eigenvalue weighted by Gasteiger charge is -2.29. The standard InChI is InChI=1S/C11H16BrN3O/c1-11(7-16)4-2-3-9(11)15-10-13-5-8(12)6-14-10/h5-6,9,16H,2-4,7H2,1H3,(H,13,14,15)/t9-,11+/m1/s1. The third kappa shape index (κ3) is 2.35. The van der Waals surface area contributed by atoms with Crippen molar-refractivity contribution in [2.45, 2.75) is 32.2 Å². The molecule has 0 radical (unpaired) electrons. The monoisotopic (exact) mass is 285 g/mol. The van der Waals surface area contributed by atoms with Crippen LogP contribution >= 0.6 is 15.9 Å². The number of rotatable bonds is 3. The number of nitrogens with zero attached hydrogens (tertiary/aromatic N) is 2. The Hall–Kier alpha value is -0.680. The summed E-state index contributed by atoms with van der Waals surface area (Å²) in [5.41, 5.74) is -0.0452. The van der Waals surface area contributed by atoms with E-state index in [1.54, 1.807) is 12.4 Å². The van der Waals surface area contributed by atoms with E-state index < -0.39 is 0 Å². The fraction of sp³-hybridized carbons (Fsp3) is 0.636. The fourth-order valence-corrected chi connectivity index (χ4v) is 2.42.